The highest BCUT2D eigenvalue weighted by molar-refractivity contribution is 6.03. The number of phenols is 1. The summed E-state index contributed by atoms with van der Waals surface area (Å²) in [4.78, 5) is 30.4. The molecule has 1 aromatic carbocycles. The molecule has 0 radical (unpaired) electrons. The van der Waals surface area contributed by atoms with E-state index in [4.69, 9.17) is 5.11 Å². The number of carbonyl (C=O) groups excluding carboxylic acids is 1. The minimum Gasteiger partial charge on any atom is -0.506 e. The van der Waals surface area contributed by atoms with Crippen LogP contribution in [0.25, 0.3) is 0 Å². The minimum absolute atomic E-state index is 0.0735. The summed E-state index contributed by atoms with van der Waals surface area (Å²) in [6, 6.07) is 3.63. The zero-order chi connectivity index (χ0) is 14.7. The zero-order valence-electron chi connectivity index (χ0n) is 10.5. The second kappa shape index (κ2) is 5.35. The Bertz CT molecular complexity index is 668. The molecule has 2 rings (SSSR count). The van der Waals surface area contributed by atoms with E-state index in [0.29, 0.717) is 5.69 Å². The van der Waals surface area contributed by atoms with Crippen molar-refractivity contribution in [1.29, 1.82) is 0 Å². The number of aromatic hydroxyl groups is 1. The Morgan fingerprint density at radius 3 is 2.50 bits per heavy atom. The number of benzene rings is 1. The first-order valence-corrected chi connectivity index (χ1v) is 5.63. The van der Waals surface area contributed by atoms with Crippen LogP contribution in [0.15, 0.2) is 30.6 Å². The number of phenolic OH excluding ortho intramolecular Hbond substituents is 1. The summed E-state index contributed by atoms with van der Waals surface area (Å²) in [5, 5.41) is 20.9. The lowest BCUT2D eigenvalue weighted by molar-refractivity contribution is 0.0696. The normalized spacial score (nSPS) is 10.1. The molecule has 7 heteroatoms. The molecule has 0 aliphatic heterocycles. The van der Waals surface area contributed by atoms with Crippen LogP contribution in [0.4, 0.5) is 5.69 Å². The molecule has 1 amide bonds. The number of carbonyl (C=O) groups is 2. The molecule has 0 fully saturated rings. The monoisotopic (exact) mass is 273 g/mol. The van der Waals surface area contributed by atoms with Crippen molar-refractivity contribution in [2.45, 2.75) is 6.92 Å². The van der Waals surface area contributed by atoms with Crippen LogP contribution in [0.1, 0.15) is 26.5 Å². The Kier molecular flexibility index (Phi) is 3.60. The van der Waals surface area contributed by atoms with E-state index >= 15 is 0 Å². The highest BCUT2D eigenvalue weighted by Crippen LogP contribution is 2.24. The van der Waals surface area contributed by atoms with Crippen LogP contribution in [0, 0.1) is 6.92 Å². The van der Waals surface area contributed by atoms with Gasteiger partial charge < -0.3 is 15.5 Å². The van der Waals surface area contributed by atoms with Crippen molar-refractivity contribution in [3.05, 3.63) is 47.5 Å². The maximum Gasteiger partial charge on any atom is 0.335 e. The van der Waals surface area contributed by atoms with Crippen molar-refractivity contribution in [2.75, 3.05) is 5.32 Å². The van der Waals surface area contributed by atoms with Gasteiger partial charge in [0.2, 0.25) is 0 Å². The molecule has 1 aromatic heterocycles. The van der Waals surface area contributed by atoms with Crippen LogP contribution in [0.2, 0.25) is 0 Å². The van der Waals surface area contributed by atoms with E-state index < -0.39 is 11.9 Å². The Balaban J connectivity index is 2.19. The molecular weight excluding hydrogens is 262 g/mol. The lowest BCUT2D eigenvalue weighted by Crippen LogP contribution is -2.14. The SMILES string of the molecule is Cc1cnc(C(=O)Nc2ccc(C(=O)O)cc2O)cn1. The number of amides is 1. The molecule has 0 aliphatic rings. The number of aromatic nitrogens is 2. The van der Waals surface area contributed by atoms with E-state index in [-0.39, 0.29) is 22.7 Å². The van der Waals surface area contributed by atoms with Gasteiger partial charge in [-0.1, -0.05) is 0 Å². The third-order valence-electron chi connectivity index (χ3n) is 2.51. The Hall–Kier alpha value is -2.96. The van der Waals surface area contributed by atoms with Crippen molar-refractivity contribution in [3.63, 3.8) is 0 Å². The third kappa shape index (κ3) is 2.89. The highest BCUT2D eigenvalue weighted by Gasteiger charge is 2.12. The fraction of sp³-hybridized carbons (Fsp3) is 0.0769. The van der Waals surface area contributed by atoms with Gasteiger partial charge in [0, 0.05) is 6.20 Å². The van der Waals surface area contributed by atoms with Gasteiger partial charge in [-0.25, -0.2) is 9.78 Å². The minimum atomic E-state index is -1.16. The van der Waals surface area contributed by atoms with E-state index in [9.17, 15) is 14.7 Å². The predicted molar refractivity (Wildman–Crippen MR) is 69.8 cm³/mol. The summed E-state index contributed by atoms with van der Waals surface area (Å²) < 4.78 is 0. The summed E-state index contributed by atoms with van der Waals surface area (Å²) in [5.41, 5.74) is 0.797. The molecule has 0 atom stereocenters. The third-order valence-corrected chi connectivity index (χ3v) is 2.51. The van der Waals surface area contributed by atoms with Crippen LogP contribution < -0.4 is 5.32 Å². The highest BCUT2D eigenvalue weighted by atomic mass is 16.4. The van der Waals surface area contributed by atoms with Crippen molar-refractivity contribution in [2.24, 2.45) is 0 Å². The number of anilines is 1. The number of nitrogens with one attached hydrogen (secondary N) is 1. The number of nitrogens with zero attached hydrogens (tertiary/aromatic N) is 2. The van der Waals surface area contributed by atoms with Gasteiger partial charge in [0.25, 0.3) is 5.91 Å². The number of aromatic carboxylic acids is 1. The maximum absolute atomic E-state index is 11.9. The first kappa shape index (κ1) is 13.5. The van der Waals surface area contributed by atoms with Gasteiger partial charge in [0.05, 0.1) is 23.1 Å². The Labute approximate surface area is 113 Å². The number of hydrogen-bond donors (Lipinski definition) is 3. The molecule has 0 bridgehead atoms. The summed E-state index contributed by atoms with van der Waals surface area (Å²) in [5.74, 6) is -2.04. The summed E-state index contributed by atoms with van der Waals surface area (Å²) in [6.07, 6.45) is 2.76. The molecule has 1 heterocycles. The molecule has 0 unspecified atom stereocenters. The average Bonchev–Trinajstić information content (AvgIpc) is 2.41. The maximum atomic E-state index is 11.9. The van der Waals surface area contributed by atoms with Gasteiger partial charge in [-0.3, -0.25) is 9.78 Å². The lowest BCUT2D eigenvalue weighted by atomic mass is 10.2. The second-order valence-electron chi connectivity index (χ2n) is 4.03. The van der Waals surface area contributed by atoms with E-state index in [1.165, 1.54) is 24.5 Å². The molecule has 0 saturated carbocycles. The molecule has 7 nitrogen and oxygen atoms in total. The van der Waals surface area contributed by atoms with Gasteiger partial charge in [-0.2, -0.15) is 0 Å². The van der Waals surface area contributed by atoms with Crippen LogP contribution in [-0.2, 0) is 0 Å². The average molecular weight is 273 g/mol. The molecule has 102 valence electrons. The molecule has 0 spiro atoms. The Morgan fingerprint density at radius 1 is 1.20 bits per heavy atom. The van der Waals surface area contributed by atoms with Gasteiger partial charge in [-0.15, -0.1) is 0 Å². The quantitative estimate of drug-likeness (QED) is 0.729. The van der Waals surface area contributed by atoms with Gasteiger partial charge in [-0.05, 0) is 25.1 Å². The smallest absolute Gasteiger partial charge is 0.335 e. The number of carboxylic acid groups (broad SMARTS) is 1. The molecule has 20 heavy (non-hydrogen) atoms. The first-order chi connectivity index (χ1) is 9.47. The van der Waals surface area contributed by atoms with E-state index in [1.807, 2.05) is 0 Å². The van der Waals surface area contributed by atoms with Crippen LogP contribution >= 0.6 is 0 Å². The van der Waals surface area contributed by atoms with Gasteiger partial charge >= 0.3 is 5.97 Å². The molecule has 0 saturated heterocycles. The van der Waals surface area contributed by atoms with Crippen molar-refractivity contribution >= 4 is 17.6 Å². The van der Waals surface area contributed by atoms with E-state index in [2.05, 4.69) is 15.3 Å². The van der Waals surface area contributed by atoms with Gasteiger partial charge in [0.1, 0.15) is 11.4 Å². The second-order valence-corrected chi connectivity index (χ2v) is 4.03. The first-order valence-electron chi connectivity index (χ1n) is 5.63. The molecule has 2 aromatic rings. The fourth-order valence-corrected chi connectivity index (χ4v) is 1.47. The fourth-order valence-electron chi connectivity index (χ4n) is 1.47. The largest absolute Gasteiger partial charge is 0.506 e. The number of aryl methyl sites for hydroxylation is 1. The van der Waals surface area contributed by atoms with Crippen LogP contribution in [-0.4, -0.2) is 32.1 Å². The van der Waals surface area contributed by atoms with E-state index in [1.54, 1.807) is 6.92 Å². The van der Waals surface area contributed by atoms with E-state index in [0.717, 1.165) is 6.07 Å². The Morgan fingerprint density at radius 2 is 1.95 bits per heavy atom. The van der Waals surface area contributed by atoms with Crippen molar-refractivity contribution in [3.8, 4) is 5.75 Å². The number of rotatable bonds is 3. The number of carboxylic acids is 1. The summed E-state index contributed by atoms with van der Waals surface area (Å²) >= 11 is 0. The van der Waals surface area contributed by atoms with Crippen LogP contribution in [0.5, 0.6) is 5.75 Å². The standard InChI is InChI=1S/C13H11N3O4/c1-7-5-15-10(6-14-7)12(18)16-9-3-2-8(13(19)20)4-11(9)17/h2-6,17H,1H3,(H,16,18)(H,19,20). The summed E-state index contributed by atoms with van der Waals surface area (Å²) in [6.45, 7) is 1.74. The predicted octanol–water partition coefficient (Wildman–Crippen LogP) is 1.44. The summed E-state index contributed by atoms with van der Waals surface area (Å²) in [7, 11) is 0. The molecule has 0 aliphatic carbocycles. The number of hydrogen-bond acceptors (Lipinski definition) is 5. The van der Waals surface area contributed by atoms with Crippen molar-refractivity contribution in [1.82, 2.24) is 9.97 Å². The van der Waals surface area contributed by atoms with Crippen molar-refractivity contribution < 1.29 is 19.8 Å². The van der Waals surface area contributed by atoms with Gasteiger partial charge in [0.15, 0.2) is 0 Å². The topological polar surface area (TPSA) is 112 Å². The lowest BCUT2D eigenvalue weighted by Gasteiger charge is -2.07. The molecular formula is C13H11N3O4. The van der Waals surface area contributed by atoms with Crippen LogP contribution in [0.3, 0.4) is 0 Å². The zero-order valence-corrected chi connectivity index (χ0v) is 10.5. The molecule has 3 N–H and O–H groups in total.